The number of hydrogen-bond acceptors (Lipinski definition) is 3. The van der Waals surface area contributed by atoms with Crippen molar-refractivity contribution in [1.82, 2.24) is 4.90 Å². The molecule has 5 nitrogen and oxygen atoms in total. The average Bonchev–Trinajstić information content (AvgIpc) is 2.69. The molecule has 0 saturated carbocycles. The van der Waals surface area contributed by atoms with Crippen LogP contribution in [0.4, 0.5) is 16.2 Å². The van der Waals surface area contributed by atoms with Gasteiger partial charge in [-0.1, -0.05) is 44.2 Å². The lowest BCUT2D eigenvalue weighted by molar-refractivity contribution is 0.208. The first-order valence-corrected chi connectivity index (χ1v) is 9.54. The van der Waals surface area contributed by atoms with Gasteiger partial charge in [0.25, 0.3) is 0 Å². The van der Waals surface area contributed by atoms with E-state index in [2.05, 4.69) is 36.2 Å². The number of nitrogens with one attached hydrogen (secondary N) is 1. The van der Waals surface area contributed by atoms with Crippen molar-refractivity contribution in [3.8, 4) is 5.75 Å². The smallest absolute Gasteiger partial charge is 0.321 e. The van der Waals surface area contributed by atoms with Crippen LogP contribution >= 0.6 is 0 Å². The molecule has 144 valence electrons. The van der Waals surface area contributed by atoms with Crippen LogP contribution in [0.1, 0.15) is 30.9 Å². The van der Waals surface area contributed by atoms with Crippen LogP contribution in [-0.4, -0.2) is 44.2 Å². The van der Waals surface area contributed by atoms with Crippen molar-refractivity contribution < 1.29 is 9.53 Å². The van der Waals surface area contributed by atoms with Crippen LogP contribution in [0.15, 0.2) is 42.5 Å². The summed E-state index contributed by atoms with van der Waals surface area (Å²) in [5, 5.41) is 3.15. The molecule has 0 unspecified atom stereocenters. The van der Waals surface area contributed by atoms with Gasteiger partial charge in [0, 0.05) is 31.9 Å². The molecule has 1 N–H and O–H groups in total. The van der Waals surface area contributed by atoms with Crippen molar-refractivity contribution in [2.75, 3.05) is 43.5 Å². The quantitative estimate of drug-likeness (QED) is 0.866. The van der Waals surface area contributed by atoms with E-state index in [0.717, 1.165) is 35.8 Å². The number of carbonyl (C=O) groups excluding carboxylic acids is 1. The zero-order valence-corrected chi connectivity index (χ0v) is 16.7. The second-order valence-electron chi connectivity index (χ2n) is 7.27. The van der Waals surface area contributed by atoms with Gasteiger partial charge < -0.3 is 19.9 Å². The molecule has 1 aliphatic rings. The minimum atomic E-state index is -0.0223. The summed E-state index contributed by atoms with van der Waals surface area (Å²) < 4.78 is 5.47. The third-order valence-corrected chi connectivity index (χ3v) is 5.15. The number of benzene rings is 2. The van der Waals surface area contributed by atoms with Gasteiger partial charge in [0.1, 0.15) is 5.75 Å². The lowest BCUT2D eigenvalue weighted by Crippen LogP contribution is -2.50. The second-order valence-corrected chi connectivity index (χ2v) is 7.27. The molecule has 5 heteroatoms. The zero-order valence-electron chi connectivity index (χ0n) is 16.7. The molecule has 0 atom stereocenters. The van der Waals surface area contributed by atoms with Crippen LogP contribution < -0.4 is 15.0 Å². The summed E-state index contributed by atoms with van der Waals surface area (Å²) >= 11 is 0. The van der Waals surface area contributed by atoms with Gasteiger partial charge in [-0.05, 0) is 36.1 Å². The average molecular weight is 367 g/mol. The Bertz CT molecular complexity index is 796. The molecule has 3 rings (SSSR count). The molecule has 2 aromatic carbocycles. The van der Waals surface area contributed by atoms with Crippen LogP contribution in [0.5, 0.6) is 5.75 Å². The first-order chi connectivity index (χ1) is 13.0. The van der Waals surface area contributed by atoms with Crippen LogP contribution in [0.2, 0.25) is 0 Å². The van der Waals surface area contributed by atoms with Gasteiger partial charge in [-0.25, -0.2) is 4.79 Å². The normalized spacial score (nSPS) is 14.4. The summed E-state index contributed by atoms with van der Waals surface area (Å²) in [6.45, 7) is 9.30. The number of ether oxygens (including phenoxy) is 1. The Hall–Kier alpha value is -2.69. The van der Waals surface area contributed by atoms with E-state index in [9.17, 15) is 4.79 Å². The monoisotopic (exact) mass is 367 g/mol. The summed E-state index contributed by atoms with van der Waals surface area (Å²) in [5.41, 5.74) is 4.31. The Kier molecular flexibility index (Phi) is 5.89. The molecule has 2 amide bonds. The molecule has 0 aromatic heterocycles. The molecule has 0 aliphatic carbocycles. The number of anilines is 2. The van der Waals surface area contributed by atoms with E-state index in [0.29, 0.717) is 19.0 Å². The predicted molar refractivity (Wildman–Crippen MR) is 111 cm³/mol. The molecule has 0 spiro atoms. The number of nitrogens with zero attached hydrogens (tertiary/aromatic N) is 2. The van der Waals surface area contributed by atoms with Crippen LogP contribution in [0.25, 0.3) is 0 Å². The number of rotatable bonds is 4. The Morgan fingerprint density at radius 1 is 1.04 bits per heavy atom. The van der Waals surface area contributed by atoms with E-state index in [1.165, 1.54) is 5.56 Å². The van der Waals surface area contributed by atoms with E-state index < -0.39 is 0 Å². The summed E-state index contributed by atoms with van der Waals surface area (Å²) in [5.74, 6) is 1.24. The van der Waals surface area contributed by atoms with Crippen LogP contribution in [0.3, 0.4) is 0 Å². The minimum Gasteiger partial charge on any atom is -0.495 e. The van der Waals surface area contributed by atoms with Crippen molar-refractivity contribution in [3.05, 3.63) is 53.6 Å². The molecule has 1 heterocycles. The maximum atomic E-state index is 12.8. The highest BCUT2D eigenvalue weighted by Crippen LogP contribution is 2.29. The highest BCUT2D eigenvalue weighted by molar-refractivity contribution is 5.91. The fraction of sp³-hybridized carbons (Fsp3) is 0.409. The van der Waals surface area contributed by atoms with Gasteiger partial charge in [0.15, 0.2) is 0 Å². The number of urea groups is 1. The maximum absolute atomic E-state index is 12.8. The second kappa shape index (κ2) is 8.33. The molecular formula is C22H29N3O2. The molecular weight excluding hydrogens is 338 g/mol. The first-order valence-electron chi connectivity index (χ1n) is 9.54. The molecule has 1 aliphatic heterocycles. The fourth-order valence-electron chi connectivity index (χ4n) is 3.57. The van der Waals surface area contributed by atoms with Crippen molar-refractivity contribution in [1.29, 1.82) is 0 Å². The molecule has 0 radical (unpaired) electrons. The number of para-hydroxylation sites is 3. The fourth-order valence-corrected chi connectivity index (χ4v) is 3.57. The van der Waals surface area contributed by atoms with Gasteiger partial charge in [0.05, 0.1) is 12.8 Å². The Morgan fingerprint density at radius 3 is 2.41 bits per heavy atom. The topological polar surface area (TPSA) is 44.8 Å². The van der Waals surface area contributed by atoms with Crippen molar-refractivity contribution in [2.24, 2.45) is 0 Å². The molecule has 2 aromatic rings. The minimum absolute atomic E-state index is 0.0223. The number of methoxy groups -OCH3 is 1. The number of carbonyl (C=O) groups is 1. The lowest BCUT2D eigenvalue weighted by atomic mass is 9.98. The Labute approximate surface area is 161 Å². The number of piperazine rings is 1. The number of hydrogen-bond donors (Lipinski definition) is 1. The Morgan fingerprint density at radius 2 is 1.74 bits per heavy atom. The first kappa shape index (κ1) is 19.1. The molecule has 0 bridgehead atoms. The van der Waals surface area contributed by atoms with Gasteiger partial charge in [-0.15, -0.1) is 0 Å². The third kappa shape index (κ3) is 4.18. The standard InChI is InChI=1S/C22H29N3O2/c1-16(2)18-9-7-8-17(3)21(18)23-22(26)25-14-12-24(13-15-25)19-10-5-6-11-20(19)27-4/h5-11,16H,12-15H2,1-4H3,(H,23,26). The lowest BCUT2D eigenvalue weighted by Gasteiger charge is -2.36. The van der Waals surface area contributed by atoms with Crippen LogP contribution in [0, 0.1) is 6.92 Å². The summed E-state index contributed by atoms with van der Waals surface area (Å²) in [7, 11) is 1.69. The summed E-state index contributed by atoms with van der Waals surface area (Å²) in [6, 6.07) is 14.2. The molecule has 1 fully saturated rings. The van der Waals surface area contributed by atoms with E-state index in [-0.39, 0.29) is 6.03 Å². The molecule has 1 saturated heterocycles. The third-order valence-electron chi connectivity index (χ3n) is 5.15. The highest BCUT2D eigenvalue weighted by atomic mass is 16.5. The van der Waals surface area contributed by atoms with Crippen molar-refractivity contribution >= 4 is 17.4 Å². The summed E-state index contributed by atoms with van der Waals surface area (Å²) in [4.78, 5) is 17.0. The van der Waals surface area contributed by atoms with E-state index in [1.807, 2.05) is 42.2 Å². The van der Waals surface area contributed by atoms with Gasteiger partial charge in [0.2, 0.25) is 0 Å². The Balaban J connectivity index is 1.66. The van der Waals surface area contributed by atoms with Gasteiger partial charge in [-0.3, -0.25) is 0 Å². The number of amides is 2. The maximum Gasteiger partial charge on any atom is 0.321 e. The van der Waals surface area contributed by atoms with Crippen molar-refractivity contribution in [2.45, 2.75) is 26.7 Å². The van der Waals surface area contributed by atoms with Crippen LogP contribution in [-0.2, 0) is 0 Å². The van der Waals surface area contributed by atoms with Gasteiger partial charge >= 0.3 is 6.03 Å². The number of aryl methyl sites for hydroxylation is 1. The van der Waals surface area contributed by atoms with Crippen molar-refractivity contribution in [3.63, 3.8) is 0 Å². The van der Waals surface area contributed by atoms with Gasteiger partial charge in [-0.2, -0.15) is 0 Å². The van der Waals surface area contributed by atoms with E-state index in [1.54, 1.807) is 7.11 Å². The SMILES string of the molecule is COc1ccccc1N1CCN(C(=O)Nc2c(C)cccc2C(C)C)CC1. The zero-order chi connectivity index (χ0) is 19.4. The van der Waals surface area contributed by atoms with E-state index in [4.69, 9.17) is 4.74 Å². The van der Waals surface area contributed by atoms with E-state index >= 15 is 0 Å². The highest BCUT2D eigenvalue weighted by Gasteiger charge is 2.24. The molecule has 27 heavy (non-hydrogen) atoms. The summed E-state index contributed by atoms with van der Waals surface area (Å²) in [6.07, 6.45) is 0. The predicted octanol–water partition coefficient (Wildman–Crippen LogP) is 4.48. The largest absolute Gasteiger partial charge is 0.495 e.